The molecular formula is C12H19N3O4. The standard InChI is InChI=1S/C12H19N3O4/c1-7(2)14-10(16)6-13-12(19)15-9-4-3-8(5-9)11(17)18/h3-4,7-9H,5-6H2,1-2H3,(H,14,16)(H,17,18)(H2,13,15,19). The SMILES string of the molecule is CC(C)NC(=O)CNC(=O)NC1C=CC(C(=O)O)C1. The number of carboxylic acid groups (broad SMARTS) is 1. The quantitative estimate of drug-likeness (QED) is 0.520. The Morgan fingerprint density at radius 1 is 1.32 bits per heavy atom. The summed E-state index contributed by atoms with van der Waals surface area (Å²) in [6.07, 6.45) is 3.53. The van der Waals surface area contributed by atoms with Gasteiger partial charge in [0.2, 0.25) is 5.91 Å². The lowest BCUT2D eigenvalue weighted by Gasteiger charge is -2.13. The molecule has 1 rings (SSSR count). The van der Waals surface area contributed by atoms with Crippen molar-refractivity contribution in [2.24, 2.45) is 5.92 Å². The third-order valence-corrected chi connectivity index (χ3v) is 2.58. The van der Waals surface area contributed by atoms with E-state index in [9.17, 15) is 14.4 Å². The highest BCUT2D eigenvalue weighted by molar-refractivity contribution is 5.84. The van der Waals surface area contributed by atoms with E-state index in [0.29, 0.717) is 6.42 Å². The van der Waals surface area contributed by atoms with Gasteiger partial charge in [0.15, 0.2) is 0 Å². The maximum absolute atomic E-state index is 11.5. The molecule has 0 aromatic heterocycles. The lowest BCUT2D eigenvalue weighted by atomic mass is 10.1. The van der Waals surface area contributed by atoms with Gasteiger partial charge in [0.25, 0.3) is 0 Å². The van der Waals surface area contributed by atoms with E-state index in [-0.39, 0.29) is 24.5 Å². The van der Waals surface area contributed by atoms with E-state index in [2.05, 4.69) is 16.0 Å². The molecule has 0 aromatic rings. The Balaban J connectivity index is 2.24. The van der Waals surface area contributed by atoms with Gasteiger partial charge < -0.3 is 21.1 Å². The molecule has 7 nitrogen and oxygen atoms in total. The van der Waals surface area contributed by atoms with E-state index in [1.807, 2.05) is 13.8 Å². The smallest absolute Gasteiger partial charge is 0.315 e. The van der Waals surface area contributed by atoms with Crippen LogP contribution in [0.25, 0.3) is 0 Å². The Bertz CT molecular complexity index is 392. The van der Waals surface area contributed by atoms with Crippen molar-refractivity contribution in [1.82, 2.24) is 16.0 Å². The zero-order valence-electron chi connectivity index (χ0n) is 11.0. The fourth-order valence-corrected chi connectivity index (χ4v) is 1.74. The molecule has 0 heterocycles. The number of urea groups is 1. The predicted molar refractivity (Wildman–Crippen MR) is 68.5 cm³/mol. The van der Waals surface area contributed by atoms with Crippen LogP contribution < -0.4 is 16.0 Å². The first-order valence-corrected chi connectivity index (χ1v) is 6.13. The summed E-state index contributed by atoms with van der Waals surface area (Å²) in [4.78, 5) is 33.5. The number of hydrogen-bond donors (Lipinski definition) is 4. The van der Waals surface area contributed by atoms with Crippen LogP contribution in [0, 0.1) is 5.92 Å². The molecule has 0 bridgehead atoms. The van der Waals surface area contributed by atoms with Crippen molar-refractivity contribution in [2.75, 3.05) is 6.54 Å². The minimum absolute atomic E-state index is 0.0199. The van der Waals surface area contributed by atoms with Crippen molar-refractivity contribution in [1.29, 1.82) is 0 Å². The summed E-state index contributed by atoms with van der Waals surface area (Å²) in [5.41, 5.74) is 0. The fraction of sp³-hybridized carbons (Fsp3) is 0.583. The summed E-state index contributed by atoms with van der Waals surface area (Å²) >= 11 is 0. The Morgan fingerprint density at radius 2 is 2.00 bits per heavy atom. The number of carbonyl (C=O) groups is 3. The molecule has 4 N–H and O–H groups in total. The van der Waals surface area contributed by atoms with Gasteiger partial charge in [-0.05, 0) is 20.3 Å². The molecule has 3 amide bonds. The van der Waals surface area contributed by atoms with Gasteiger partial charge in [-0.15, -0.1) is 0 Å². The van der Waals surface area contributed by atoms with Crippen LogP contribution in [0.4, 0.5) is 4.79 Å². The molecule has 0 radical (unpaired) electrons. The largest absolute Gasteiger partial charge is 0.481 e. The van der Waals surface area contributed by atoms with Crippen molar-refractivity contribution in [2.45, 2.75) is 32.4 Å². The average Bonchev–Trinajstić information content (AvgIpc) is 2.74. The summed E-state index contributed by atoms with van der Waals surface area (Å²) in [6.45, 7) is 3.55. The van der Waals surface area contributed by atoms with E-state index in [4.69, 9.17) is 5.11 Å². The normalized spacial score (nSPS) is 21.2. The molecule has 106 valence electrons. The predicted octanol–water partition coefficient (Wildman–Crippen LogP) is -0.160. The lowest BCUT2D eigenvalue weighted by Crippen LogP contribution is -2.46. The van der Waals surface area contributed by atoms with E-state index < -0.39 is 17.9 Å². The van der Waals surface area contributed by atoms with Crippen molar-refractivity contribution >= 4 is 17.9 Å². The minimum Gasteiger partial charge on any atom is -0.481 e. The first-order chi connectivity index (χ1) is 8.88. The molecule has 0 saturated heterocycles. The molecule has 0 fully saturated rings. The molecule has 0 aliphatic heterocycles. The van der Waals surface area contributed by atoms with Crippen LogP contribution in [0.2, 0.25) is 0 Å². The number of nitrogens with one attached hydrogen (secondary N) is 3. The minimum atomic E-state index is -0.905. The van der Waals surface area contributed by atoms with Gasteiger partial charge in [-0.25, -0.2) is 4.79 Å². The number of carboxylic acids is 1. The van der Waals surface area contributed by atoms with Crippen LogP contribution in [0.15, 0.2) is 12.2 Å². The van der Waals surface area contributed by atoms with E-state index >= 15 is 0 Å². The van der Waals surface area contributed by atoms with Gasteiger partial charge in [-0.2, -0.15) is 0 Å². The zero-order valence-corrected chi connectivity index (χ0v) is 11.0. The van der Waals surface area contributed by atoms with Crippen LogP contribution in [0.5, 0.6) is 0 Å². The highest BCUT2D eigenvalue weighted by Gasteiger charge is 2.25. The first kappa shape index (κ1) is 15.0. The molecule has 1 aliphatic carbocycles. The Labute approximate surface area is 111 Å². The summed E-state index contributed by atoms with van der Waals surface area (Å²) in [5.74, 6) is -1.73. The van der Waals surface area contributed by atoms with E-state index in [0.717, 1.165) is 0 Å². The Hall–Kier alpha value is -2.05. The summed E-state index contributed by atoms with van der Waals surface area (Å²) in [6, 6.07) is -0.777. The third kappa shape index (κ3) is 5.41. The van der Waals surface area contributed by atoms with Crippen molar-refractivity contribution in [3.8, 4) is 0 Å². The van der Waals surface area contributed by atoms with Crippen LogP contribution in [0.3, 0.4) is 0 Å². The van der Waals surface area contributed by atoms with Crippen LogP contribution in [-0.2, 0) is 9.59 Å². The maximum Gasteiger partial charge on any atom is 0.315 e. The maximum atomic E-state index is 11.5. The number of aliphatic carboxylic acids is 1. The summed E-state index contributed by atoms with van der Waals surface area (Å²) in [5, 5.41) is 16.4. The summed E-state index contributed by atoms with van der Waals surface area (Å²) < 4.78 is 0. The van der Waals surface area contributed by atoms with Gasteiger partial charge in [-0.3, -0.25) is 9.59 Å². The Morgan fingerprint density at radius 3 is 2.53 bits per heavy atom. The Kier molecular flexibility index (Phi) is 5.35. The lowest BCUT2D eigenvalue weighted by molar-refractivity contribution is -0.140. The molecule has 0 spiro atoms. The molecule has 19 heavy (non-hydrogen) atoms. The number of amides is 3. The number of carbonyl (C=O) groups excluding carboxylic acids is 2. The van der Waals surface area contributed by atoms with Crippen LogP contribution in [-0.4, -0.2) is 41.6 Å². The van der Waals surface area contributed by atoms with Crippen molar-refractivity contribution < 1.29 is 19.5 Å². The van der Waals surface area contributed by atoms with Crippen molar-refractivity contribution in [3.63, 3.8) is 0 Å². The van der Waals surface area contributed by atoms with Crippen molar-refractivity contribution in [3.05, 3.63) is 12.2 Å². The molecule has 2 unspecified atom stereocenters. The highest BCUT2D eigenvalue weighted by atomic mass is 16.4. The molecule has 0 saturated carbocycles. The van der Waals surface area contributed by atoms with E-state index in [1.165, 1.54) is 0 Å². The first-order valence-electron chi connectivity index (χ1n) is 6.13. The molecule has 0 aromatic carbocycles. The van der Waals surface area contributed by atoms with Crippen LogP contribution >= 0.6 is 0 Å². The van der Waals surface area contributed by atoms with Gasteiger partial charge in [-0.1, -0.05) is 12.2 Å². The number of hydrogen-bond acceptors (Lipinski definition) is 3. The second kappa shape index (κ2) is 6.77. The van der Waals surface area contributed by atoms with Gasteiger partial charge in [0, 0.05) is 6.04 Å². The van der Waals surface area contributed by atoms with Crippen LogP contribution in [0.1, 0.15) is 20.3 Å². The molecule has 1 aliphatic rings. The van der Waals surface area contributed by atoms with Gasteiger partial charge >= 0.3 is 12.0 Å². The topological polar surface area (TPSA) is 108 Å². The number of rotatable bonds is 5. The second-order valence-corrected chi connectivity index (χ2v) is 4.72. The summed E-state index contributed by atoms with van der Waals surface area (Å²) in [7, 11) is 0. The van der Waals surface area contributed by atoms with Gasteiger partial charge in [0.05, 0.1) is 18.5 Å². The molecule has 7 heteroatoms. The average molecular weight is 269 g/mol. The second-order valence-electron chi connectivity index (χ2n) is 4.72. The van der Waals surface area contributed by atoms with Gasteiger partial charge in [0.1, 0.15) is 0 Å². The fourth-order valence-electron chi connectivity index (χ4n) is 1.74. The monoisotopic (exact) mass is 269 g/mol. The highest BCUT2D eigenvalue weighted by Crippen LogP contribution is 2.17. The third-order valence-electron chi connectivity index (χ3n) is 2.58. The molecule has 2 atom stereocenters. The molecular weight excluding hydrogens is 250 g/mol. The zero-order chi connectivity index (χ0) is 14.4. The van der Waals surface area contributed by atoms with E-state index in [1.54, 1.807) is 12.2 Å².